The molecule has 0 saturated carbocycles. The Labute approximate surface area is 325 Å². The van der Waals surface area contributed by atoms with Crippen LogP contribution in [0.25, 0.3) is 33.4 Å². The largest absolute Gasteiger partial charge is 0.416 e. The van der Waals surface area contributed by atoms with Gasteiger partial charge in [-0.05, 0) is 106 Å². The first-order chi connectivity index (χ1) is 26.7. The minimum absolute atomic E-state index is 0.0770. The van der Waals surface area contributed by atoms with Crippen molar-refractivity contribution in [3.63, 3.8) is 0 Å². The normalized spacial score (nSPS) is 14.2. The molecule has 0 N–H and O–H groups in total. The van der Waals surface area contributed by atoms with E-state index in [2.05, 4.69) is 13.8 Å². The van der Waals surface area contributed by atoms with Gasteiger partial charge in [0.05, 0.1) is 22.3 Å². The highest BCUT2D eigenvalue weighted by atomic mass is 19.4. The second kappa shape index (κ2) is 17.5. The zero-order chi connectivity index (χ0) is 41.8. The molecule has 0 heterocycles. The standard InChI is InChI=1S/C45H46F12/c1-3-5-7-9-11-13-19-41(20-14-12-10-8-6-4-2)39-25-29(31-21-33(42(46,47)48)27-34(22-31)43(49,50)51)15-17-37(39)38-18-16-30(26-40(38)41)32-23-35(44(52,53)54)28-36(24-32)45(55,56)57/h15-18,21-28H,3-14,19-20H2,1-2H3. The molecule has 1 aliphatic carbocycles. The second-order valence-electron chi connectivity index (χ2n) is 15.2. The SMILES string of the molecule is CCCCCCCCC1(CCCCCCCC)c2cc(-c3cc(C(F)(F)F)cc(C(F)(F)F)c3)ccc2-c2ccc(-c3cc(C(F)(F)F)cc(C(F)(F)F)c3)cc21. The lowest BCUT2D eigenvalue weighted by atomic mass is 9.70. The van der Waals surface area contributed by atoms with Crippen molar-refractivity contribution in [3.05, 3.63) is 106 Å². The van der Waals surface area contributed by atoms with Crippen LogP contribution in [0.1, 0.15) is 137 Å². The number of rotatable bonds is 16. The van der Waals surface area contributed by atoms with Crippen molar-refractivity contribution in [1.29, 1.82) is 0 Å². The van der Waals surface area contributed by atoms with Crippen molar-refractivity contribution in [2.45, 2.75) is 134 Å². The average molecular weight is 815 g/mol. The molecule has 1 aliphatic rings. The molecule has 12 heteroatoms. The third kappa shape index (κ3) is 10.4. The third-order valence-corrected chi connectivity index (χ3v) is 11.1. The summed E-state index contributed by atoms with van der Waals surface area (Å²) in [4.78, 5) is 0. The Morgan fingerprint density at radius 2 is 0.649 bits per heavy atom. The lowest BCUT2D eigenvalue weighted by Gasteiger charge is -2.33. The van der Waals surface area contributed by atoms with Crippen LogP contribution in [0.5, 0.6) is 0 Å². The molecule has 0 nitrogen and oxygen atoms in total. The molecule has 57 heavy (non-hydrogen) atoms. The lowest BCUT2D eigenvalue weighted by Crippen LogP contribution is -2.25. The Bertz CT molecular complexity index is 1770. The van der Waals surface area contributed by atoms with Crippen LogP contribution in [0.3, 0.4) is 0 Å². The maximum atomic E-state index is 13.9. The fraction of sp³-hybridized carbons (Fsp3) is 0.467. The van der Waals surface area contributed by atoms with Gasteiger partial charge in [-0.2, -0.15) is 52.7 Å². The Balaban J connectivity index is 1.72. The first kappa shape index (κ1) is 44.1. The van der Waals surface area contributed by atoms with Gasteiger partial charge in [0.15, 0.2) is 0 Å². The monoisotopic (exact) mass is 814 g/mol. The first-order valence-electron chi connectivity index (χ1n) is 19.6. The van der Waals surface area contributed by atoms with E-state index in [0.29, 0.717) is 72.2 Å². The number of halogens is 12. The minimum Gasteiger partial charge on any atom is -0.166 e. The Morgan fingerprint density at radius 1 is 0.351 bits per heavy atom. The number of unbranched alkanes of at least 4 members (excludes halogenated alkanes) is 10. The van der Waals surface area contributed by atoms with Crippen LogP contribution in [0, 0.1) is 0 Å². The van der Waals surface area contributed by atoms with Crippen molar-refractivity contribution in [2.75, 3.05) is 0 Å². The molecule has 0 aliphatic heterocycles. The summed E-state index contributed by atoms with van der Waals surface area (Å²) in [5.41, 5.74) is -4.34. The van der Waals surface area contributed by atoms with Crippen LogP contribution in [-0.4, -0.2) is 0 Å². The van der Waals surface area contributed by atoms with Crippen molar-refractivity contribution >= 4 is 0 Å². The van der Waals surface area contributed by atoms with E-state index in [1.807, 2.05) is 0 Å². The van der Waals surface area contributed by atoms with Gasteiger partial charge in [0.2, 0.25) is 0 Å². The summed E-state index contributed by atoms with van der Waals surface area (Å²) < 4.78 is 167. The van der Waals surface area contributed by atoms with Gasteiger partial charge in [0, 0.05) is 5.41 Å². The molecule has 0 fully saturated rings. The van der Waals surface area contributed by atoms with Gasteiger partial charge in [0.1, 0.15) is 0 Å². The van der Waals surface area contributed by atoms with E-state index in [0.717, 1.165) is 64.2 Å². The number of hydrogen-bond donors (Lipinski definition) is 0. The highest BCUT2D eigenvalue weighted by molar-refractivity contribution is 5.86. The van der Waals surface area contributed by atoms with Crippen LogP contribution >= 0.6 is 0 Å². The summed E-state index contributed by atoms with van der Waals surface area (Å²) >= 11 is 0. The summed E-state index contributed by atoms with van der Waals surface area (Å²) in [6.45, 7) is 4.17. The van der Waals surface area contributed by atoms with E-state index in [4.69, 9.17) is 0 Å². The summed E-state index contributed by atoms with van der Waals surface area (Å²) in [5.74, 6) is 0. The minimum atomic E-state index is -5.06. The average Bonchev–Trinajstić information content (AvgIpc) is 3.40. The maximum Gasteiger partial charge on any atom is 0.416 e. The van der Waals surface area contributed by atoms with E-state index >= 15 is 0 Å². The molecule has 0 aromatic heterocycles. The fourth-order valence-electron chi connectivity index (χ4n) is 8.18. The van der Waals surface area contributed by atoms with Crippen LogP contribution in [0.2, 0.25) is 0 Å². The summed E-state index contributed by atoms with van der Waals surface area (Å²) in [6, 6.07) is 12.4. The van der Waals surface area contributed by atoms with E-state index in [-0.39, 0.29) is 34.4 Å². The van der Waals surface area contributed by atoms with Gasteiger partial charge in [-0.25, -0.2) is 0 Å². The molecular formula is C45H46F12. The van der Waals surface area contributed by atoms with Crippen LogP contribution in [-0.2, 0) is 30.1 Å². The molecule has 5 rings (SSSR count). The molecule has 0 amide bonds. The number of alkyl halides is 12. The number of benzene rings is 4. The topological polar surface area (TPSA) is 0 Å². The quantitative estimate of drug-likeness (QED) is 0.0781. The lowest BCUT2D eigenvalue weighted by molar-refractivity contribution is -0.144. The van der Waals surface area contributed by atoms with Crippen LogP contribution < -0.4 is 0 Å². The fourth-order valence-corrected chi connectivity index (χ4v) is 8.18. The van der Waals surface area contributed by atoms with Crippen molar-refractivity contribution < 1.29 is 52.7 Å². The smallest absolute Gasteiger partial charge is 0.166 e. The zero-order valence-corrected chi connectivity index (χ0v) is 31.9. The predicted molar refractivity (Wildman–Crippen MR) is 200 cm³/mol. The Hall–Kier alpha value is -3.96. The summed E-state index contributed by atoms with van der Waals surface area (Å²) in [7, 11) is 0. The van der Waals surface area contributed by atoms with Crippen LogP contribution in [0.15, 0.2) is 72.8 Å². The molecule has 4 aromatic carbocycles. The van der Waals surface area contributed by atoms with Crippen LogP contribution in [0.4, 0.5) is 52.7 Å². The second-order valence-corrected chi connectivity index (χ2v) is 15.2. The van der Waals surface area contributed by atoms with Crippen molar-refractivity contribution in [2.24, 2.45) is 0 Å². The summed E-state index contributed by atoms with van der Waals surface area (Å²) in [6.07, 6.45) is -8.24. The molecule has 4 aromatic rings. The van der Waals surface area contributed by atoms with Crippen molar-refractivity contribution in [1.82, 2.24) is 0 Å². The molecule has 0 radical (unpaired) electrons. The van der Waals surface area contributed by atoms with E-state index in [1.54, 1.807) is 24.3 Å². The van der Waals surface area contributed by atoms with Gasteiger partial charge in [-0.1, -0.05) is 115 Å². The van der Waals surface area contributed by atoms with Gasteiger partial charge < -0.3 is 0 Å². The number of fused-ring (bicyclic) bond motifs is 3. The molecule has 0 unspecified atom stereocenters. The molecule has 310 valence electrons. The van der Waals surface area contributed by atoms with Crippen molar-refractivity contribution in [3.8, 4) is 33.4 Å². The predicted octanol–water partition coefficient (Wildman–Crippen LogP) is 16.9. The summed E-state index contributed by atoms with van der Waals surface area (Å²) in [5, 5.41) is 0. The Morgan fingerprint density at radius 3 is 0.947 bits per heavy atom. The Kier molecular flexibility index (Phi) is 13.5. The van der Waals surface area contributed by atoms with Gasteiger partial charge in [0.25, 0.3) is 0 Å². The number of hydrogen-bond acceptors (Lipinski definition) is 0. The molecular weight excluding hydrogens is 768 g/mol. The first-order valence-corrected chi connectivity index (χ1v) is 19.6. The van der Waals surface area contributed by atoms with Gasteiger partial charge >= 0.3 is 24.7 Å². The zero-order valence-electron chi connectivity index (χ0n) is 31.9. The highest BCUT2D eigenvalue weighted by Crippen LogP contribution is 2.56. The molecule has 0 saturated heterocycles. The van der Waals surface area contributed by atoms with E-state index in [9.17, 15) is 52.7 Å². The van der Waals surface area contributed by atoms with E-state index < -0.39 is 52.4 Å². The highest BCUT2D eigenvalue weighted by Gasteiger charge is 2.44. The molecule has 0 atom stereocenters. The molecule has 0 spiro atoms. The maximum absolute atomic E-state index is 13.9. The van der Waals surface area contributed by atoms with E-state index in [1.165, 1.54) is 12.1 Å². The van der Waals surface area contributed by atoms with Gasteiger partial charge in [-0.3, -0.25) is 0 Å². The van der Waals surface area contributed by atoms with Gasteiger partial charge in [-0.15, -0.1) is 0 Å². The third-order valence-electron chi connectivity index (χ3n) is 11.1. The molecule has 0 bridgehead atoms.